The molecule has 2 N–H and O–H groups in total. The van der Waals surface area contributed by atoms with Crippen LogP contribution in [-0.2, 0) is 9.53 Å². The second-order valence-electron chi connectivity index (χ2n) is 5.89. The van der Waals surface area contributed by atoms with Crippen LogP contribution in [0.5, 0.6) is 5.75 Å². The van der Waals surface area contributed by atoms with E-state index in [9.17, 15) is 4.79 Å². The summed E-state index contributed by atoms with van der Waals surface area (Å²) in [6, 6.07) is 5.81. The van der Waals surface area contributed by atoms with Crippen LogP contribution < -0.4 is 15.4 Å². The summed E-state index contributed by atoms with van der Waals surface area (Å²) in [7, 11) is 1.84. The fourth-order valence-corrected chi connectivity index (χ4v) is 2.47. The largest absolute Gasteiger partial charge is 0.489 e. The van der Waals surface area contributed by atoms with Gasteiger partial charge in [-0.2, -0.15) is 0 Å². The van der Waals surface area contributed by atoms with Crippen molar-refractivity contribution in [3.05, 3.63) is 23.8 Å². The molecule has 2 atom stereocenters. The smallest absolute Gasteiger partial charge is 0.228 e. The molecule has 122 valence electrons. The van der Waals surface area contributed by atoms with Crippen LogP contribution in [0.2, 0.25) is 0 Å². The van der Waals surface area contributed by atoms with Crippen LogP contribution in [0.15, 0.2) is 18.2 Å². The molecule has 1 heterocycles. The van der Waals surface area contributed by atoms with E-state index in [1.807, 2.05) is 39.1 Å². The number of anilines is 1. The summed E-state index contributed by atoms with van der Waals surface area (Å²) in [6.45, 7) is 5.89. The van der Waals surface area contributed by atoms with Crippen LogP contribution in [0.1, 0.15) is 25.3 Å². The Labute approximate surface area is 132 Å². The third-order valence-electron chi connectivity index (χ3n) is 3.80. The highest BCUT2D eigenvalue weighted by Gasteiger charge is 2.18. The SMILES string of the molecule is CNCC(C)C(=O)Nc1ccc(C)cc1OCC1CCCO1. The van der Waals surface area contributed by atoms with E-state index in [2.05, 4.69) is 10.6 Å². The molecule has 5 heteroatoms. The minimum Gasteiger partial charge on any atom is -0.489 e. The molecule has 1 saturated heterocycles. The first kappa shape index (κ1) is 16.8. The molecule has 1 aliphatic heterocycles. The molecule has 1 aliphatic rings. The van der Waals surface area contributed by atoms with Crippen LogP contribution in [0.4, 0.5) is 5.69 Å². The first-order chi connectivity index (χ1) is 10.6. The fraction of sp³-hybridized carbons (Fsp3) is 0.588. The van der Waals surface area contributed by atoms with Gasteiger partial charge in [-0.05, 0) is 44.5 Å². The Kier molecular flexibility index (Phi) is 6.21. The average molecular weight is 306 g/mol. The zero-order chi connectivity index (χ0) is 15.9. The third-order valence-corrected chi connectivity index (χ3v) is 3.80. The number of benzene rings is 1. The molecule has 0 aliphatic carbocycles. The predicted octanol–water partition coefficient (Wildman–Crippen LogP) is 2.35. The topological polar surface area (TPSA) is 59.6 Å². The maximum absolute atomic E-state index is 12.2. The van der Waals surface area contributed by atoms with Crippen molar-refractivity contribution in [2.24, 2.45) is 5.92 Å². The molecule has 1 aromatic carbocycles. The first-order valence-electron chi connectivity index (χ1n) is 7.90. The lowest BCUT2D eigenvalue weighted by atomic mass is 10.1. The van der Waals surface area contributed by atoms with Gasteiger partial charge in [-0.1, -0.05) is 13.0 Å². The Morgan fingerprint density at radius 3 is 3.00 bits per heavy atom. The number of nitrogens with one attached hydrogen (secondary N) is 2. The number of carbonyl (C=O) groups excluding carboxylic acids is 1. The van der Waals surface area contributed by atoms with Gasteiger partial charge in [0.25, 0.3) is 0 Å². The molecule has 1 amide bonds. The van der Waals surface area contributed by atoms with Gasteiger partial charge in [-0.25, -0.2) is 0 Å². The van der Waals surface area contributed by atoms with E-state index < -0.39 is 0 Å². The Balaban J connectivity index is 2.01. The standard InChI is InChI=1S/C17H26N2O3/c1-12-6-7-15(19-17(20)13(2)10-18-3)16(9-12)22-11-14-5-4-8-21-14/h6-7,9,13-14,18H,4-5,8,10-11H2,1-3H3,(H,19,20). The van der Waals surface area contributed by atoms with Crippen molar-refractivity contribution in [3.63, 3.8) is 0 Å². The lowest BCUT2D eigenvalue weighted by molar-refractivity contribution is -0.119. The third kappa shape index (κ3) is 4.71. The summed E-state index contributed by atoms with van der Waals surface area (Å²) in [6.07, 6.45) is 2.28. The molecule has 0 aromatic heterocycles. The van der Waals surface area contributed by atoms with Gasteiger partial charge in [0, 0.05) is 19.1 Å². The number of rotatable bonds is 7. The van der Waals surface area contributed by atoms with E-state index >= 15 is 0 Å². The highest BCUT2D eigenvalue weighted by molar-refractivity contribution is 5.93. The van der Waals surface area contributed by atoms with Gasteiger partial charge in [0.1, 0.15) is 12.4 Å². The van der Waals surface area contributed by atoms with E-state index in [0.29, 0.717) is 18.9 Å². The van der Waals surface area contributed by atoms with Crippen molar-refractivity contribution in [1.29, 1.82) is 0 Å². The highest BCUT2D eigenvalue weighted by atomic mass is 16.5. The van der Waals surface area contributed by atoms with Gasteiger partial charge in [0.15, 0.2) is 0 Å². The van der Waals surface area contributed by atoms with Crippen molar-refractivity contribution in [1.82, 2.24) is 5.32 Å². The molecule has 0 radical (unpaired) electrons. The Bertz CT molecular complexity index is 499. The number of ether oxygens (including phenoxy) is 2. The van der Waals surface area contributed by atoms with E-state index in [4.69, 9.17) is 9.47 Å². The summed E-state index contributed by atoms with van der Waals surface area (Å²) in [4.78, 5) is 12.2. The first-order valence-corrected chi connectivity index (χ1v) is 7.90. The Morgan fingerprint density at radius 1 is 1.50 bits per heavy atom. The van der Waals surface area contributed by atoms with Gasteiger partial charge in [-0.15, -0.1) is 0 Å². The van der Waals surface area contributed by atoms with Crippen LogP contribution in [0, 0.1) is 12.8 Å². The maximum atomic E-state index is 12.2. The molecule has 2 unspecified atom stereocenters. The summed E-state index contributed by atoms with van der Waals surface area (Å²) < 4.78 is 11.5. The van der Waals surface area contributed by atoms with Gasteiger partial charge in [0.2, 0.25) is 5.91 Å². The molecule has 2 rings (SSSR count). The summed E-state index contributed by atoms with van der Waals surface area (Å²) in [5, 5.41) is 5.96. The molecular weight excluding hydrogens is 280 g/mol. The predicted molar refractivity (Wildman–Crippen MR) is 87.4 cm³/mol. The summed E-state index contributed by atoms with van der Waals surface area (Å²) >= 11 is 0. The minimum absolute atomic E-state index is 0.0137. The van der Waals surface area contributed by atoms with Crippen LogP contribution in [0.25, 0.3) is 0 Å². The summed E-state index contributed by atoms with van der Waals surface area (Å²) in [5.41, 5.74) is 1.82. The average Bonchev–Trinajstić information content (AvgIpc) is 3.01. The van der Waals surface area contributed by atoms with Crippen LogP contribution in [0.3, 0.4) is 0 Å². The molecule has 0 saturated carbocycles. The Hall–Kier alpha value is -1.59. The number of aryl methyl sites for hydroxylation is 1. The second kappa shape index (κ2) is 8.15. The van der Waals surface area contributed by atoms with Crippen molar-refractivity contribution < 1.29 is 14.3 Å². The molecule has 0 spiro atoms. The van der Waals surface area contributed by atoms with Crippen molar-refractivity contribution in [2.75, 3.05) is 32.1 Å². The number of carbonyl (C=O) groups is 1. The van der Waals surface area contributed by atoms with Crippen molar-refractivity contribution in [3.8, 4) is 5.75 Å². The maximum Gasteiger partial charge on any atom is 0.228 e. The summed E-state index contributed by atoms with van der Waals surface area (Å²) in [5.74, 6) is 0.595. The number of hydrogen-bond donors (Lipinski definition) is 2. The zero-order valence-corrected chi connectivity index (χ0v) is 13.6. The zero-order valence-electron chi connectivity index (χ0n) is 13.6. The highest BCUT2D eigenvalue weighted by Crippen LogP contribution is 2.27. The fourth-order valence-electron chi connectivity index (χ4n) is 2.47. The van der Waals surface area contributed by atoms with Crippen LogP contribution in [-0.4, -0.2) is 38.8 Å². The monoisotopic (exact) mass is 306 g/mol. The number of hydrogen-bond acceptors (Lipinski definition) is 4. The molecule has 5 nitrogen and oxygen atoms in total. The quantitative estimate of drug-likeness (QED) is 0.812. The lowest BCUT2D eigenvalue weighted by Gasteiger charge is -2.17. The van der Waals surface area contributed by atoms with Gasteiger partial charge >= 0.3 is 0 Å². The van der Waals surface area contributed by atoms with Gasteiger partial charge < -0.3 is 20.1 Å². The molecule has 1 aromatic rings. The van der Waals surface area contributed by atoms with Crippen LogP contribution >= 0.6 is 0 Å². The molecular formula is C17H26N2O3. The van der Waals surface area contributed by atoms with Crippen molar-refractivity contribution >= 4 is 11.6 Å². The normalized spacial score (nSPS) is 19.0. The van der Waals surface area contributed by atoms with Crippen molar-refractivity contribution in [2.45, 2.75) is 32.8 Å². The Morgan fingerprint density at radius 2 is 2.32 bits per heavy atom. The second-order valence-corrected chi connectivity index (χ2v) is 5.89. The molecule has 0 bridgehead atoms. The van der Waals surface area contributed by atoms with E-state index in [-0.39, 0.29) is 17.9 Å². The van der Waals surface area contributed by atoms with E-state index in [1.165, 1.54) is 0 Å². The lowest BCUT2D eigenvalue weighted by Crippen LogP contribution is -2.29. The number of amides is 1. The van der Waals surface area contributed by atoms with Gasteiger partial charge in [-0.3, -0.25) is 4.79 Å². The minimum atomic E-state index is -0.0997. The molecule has 1 fully saturated rings. The van der Waals surface area contributed by atoms with Gasteiger partial charge in [0.05, 0.1) is 11.8 Å². The molecule has 22 heavy (non-hydrogen) atoms. The van der Waals surface area contributed by atoms with E-state index in [1.54, 1.807) is 0 Å². The van der Waals surface area contributed by atoms with E-state index in [0.717, 1.165) is 30.7 Å².